The number of likely N-dealkylation sites (tertiary alicyclic amines) is 1. The molecule has 0 amide bonds. The van der Waals surface area contributed by atoms with Gasteiger partial charge in [0.05, 0.1) is 33.9 Å². The molecule has 40 heavy (non-hydrogen) atoms. The van der Waals surface area contributed by atoms with E-state index in [2.05, 4.69) is 72.5 Å². The fraction of sp³-hybridized carbons (Fsp3) is 0.250. The molecule has 0 atom stereocenters. The Morgan fingerprint density at radius 1 is 1.00 bits per heavy atom. The second-order valence-corrected chi connectivity index (χ2v) is 10.9. The normalized spacial score (nSPS) is 13.8. The number of nitrogens with one attached hydrogen (secondary N) is 1. The van der Waals surface area contributed by atoms with E-state index < -0.39 is 0 Å². The van der Waals surface area contributed by atoms with E-state index >= 15 is 0 Å². The van der Waals surface area contributed by atoms with Crippen LogP contribution < -0.4 is 10.1 Å². The van der Waals surface area contributed by atoms with Gasteiger partial charge < -0.3 is 10.1 Å². The molecule has 7 nitrogen and oxygen atoms in total. The number of hydrogen-bond acceptors (Lipinski definition) is 7. The van der Waals surface area contributed by atoms with Crippen molar-refractivity contribution in [1.82, 2.24) is 14.9 Å². The van der Waals surface area contributed by atoms with Crippen LogP contribution in [0.1, 0.15) is 40.7 Å². The summed E-state index contributed by atoms with van der Waals surface area (Å²) in [5, 5.41) is 22.1. The highest BCUT2D eigenvalue weighted by Gasteiger charge is 2.21. The molecule has 1 saturated heterocycles. The molecule has 4 aromatic rings. The van der Waals surface area contributed by atoms with Gasteiger partial charge in [-0.3, -0.25) is 4.90 Å². The molecular weight excluding hydrogens is 564 g/mol. The van der Waals surface area contributed by atoms with Crippen molar-refractivity contribution in [2.45, 2.75) is 39.3 Å². The van der Waals surface area contributed by atoms with E-state index in [1.54, 1.807) is 6.20 Å². The molecule has 1 aliphatic rings. The first kappa shape index (κ1) is 27.3. The van der Waals surface area contributed by atoms with Gasteiger partial charge in [-0.2, -0.15) is 15.5 Å². The Labute approximate surface area is 243 Å². The van der Waals surface area contributed by atoms with E-state index in [0.717, 1.165) is 54.7 Å². The SMILES string of the molecule is Cc1cc(C#N)cc(C)c1Oc1nc(NC2CCN(Cc3ccc(-c4ccccc4C#N)cc3)CC2)ncc1Br. The Bertz CT molecular complexity index is 1570. The molecule has 5 rings (SSSR count). The lowest BCUT2D eigenvalue weighted by atomic mass is 9.99. The van der Waals surface area contributed by atoms with Crippen molar-refractivity contribution >= 4 is 21.9 Å². The van der Waals surface area contributed by atoms with Crippen LogP contribution in [0.3, 0.4) is 0 Å². The van der Waals surface area contributed by atoms with Gasteiger partial charge in [-0.15, -0.1) is 0 Å². The molecule has 0 unspecified atom stereocenters. The van der Waals surface area contributed by atoms with Crippen molar-refractivity contribution in [3.8, 4) is 34.9 Å². The summed E-state index contributed by atoms with van der Waals surface area (Å²) in [6, 6.07) is 24.6. The first-order chi connectivity index (χ1) is 19.4. The van der Waals surface area contributed by atoms with Crippen molar-refractivity contribution in [2.75, 3.05) is 18.4 Å². The maximum atomic E-state index is 9.40. The predicted octanol–water partition coefficient (Wildman–Crippen LogP) is 7.14. The molecule has 1 aromatic heterocycles. The summed E-state index contributed by atoms with van der Waals surface area (Å²) >= 11 is 3.50. The number of ether oxygens (including phenoxy) is 1. The standard InChI is InChI=1S/C32H29BrN6O/c1-21-15-24(17-34)16-22(2)30(21)40-31-29(33)19-36-32(38-31)37-27-11-13-39(14-12-27)20-23-7-9-25(10-8-23)28-6-4-3-5-26(28)18-35/h3-10,15-16,19,27H,11-14,20H2,1-2H3,(H,36,37,38). The Balaban J connectivity index is 1.17. The summed E-state index contributed by atoms with van der Waals surface area (Å²) in [5.74, 6) is 1.67. The Hall–Kier alpha value is -4.24. The second kappa shape index (κ2) is 12.3. The van der Waals surface area contributed by atoms with Crippen molar-refractivity contribution < 1.29 is 4.74 Å². The van der Waals surface area contributed by atoms with E-state index in [1.807, 2.05) is 50.2 Å². The molecule has 2 heterocycles. The van der Waals surface area contributed by atoms with Crippen LogP contribution in [0.25, 0.3) is 11.1 Å². The Kier molecular flexibility index (Phi) is 8.40. The number of anilines is 1. The van der Waals surface area contributed by atoms with Crippen LogP contribution in [0.5, 0.6) is 11.6 Å². The lowest BCUT2D eigenvalue weighted by Gasteiger charge is -2.32. The maximum Gasteiger partial charge on any atom is 0.238 e. The number of aryl methyl sites for hydroxylation is 2. The number of rotatable bonds is 7. The van der Waals surface area contributed by atoms with Crippen LogP contribution in [0, 0.1) is 36.5 Å². The van der Waals surface area contributed by atoms with Crippen LogP contribution in [0.4, 0.5) is 5.95 Å². The zero-order valence-electron chi connectivity index (χ0n) is 22.5. The fourth-order valence-electron chi connectivity index (χ4n) is 5.06. The topological polar surface area (TPSA) is 97.9 Å². The molecule has 0 spiro atoms. The number of hydrogen-bond donors (Lipinski definition) is 1. The molecule has 8 heteroatoms. The summed E-state index contributed by atoms with van der Waals surface area (Å²) in [4.78, 5) is 11.5. The molecular formula is C32H29BrN6O. The van der Waals surface area contributed by atoms with Crippen LogP contribution >= 0.6 is 15.9 Å². The maximum absolute atomic E-state index is 9.40. The monoisotopic (exact) mass is 592 g/mol. The van der Waals surface area contributed by atoms with E-state index in [4.69, 9.17) is 4.74 Å². The third kappa shape index (κ3) is 6.31. The van der Waals surface area contributed by atoms with Gasteiger partial charge in [0.25, 0.3) is 0 Å². The zero-order valence-corrected chi connectivity index (χ0v) is 24.1. The van der Waals surface area contributed by atoms with Crippen LogP contribution in [-0.4, -0.2) is 34.0 Å². The molecule has 0 bridgehead atoms. The van der Waals surface area contributed by atoms with E-state index in [-0.39, 0.29) is 6.04 Å². The molecule has 200 valence electrons. The molecule has 1 N–H and O–H groups in total. The van der Waals surface area contributed by atoms with Gasteiger partial charge in [0.15, 0.2) is 0 Å². The summed E-state index contributed by atoms with van der Waals surface area (Å²) in [6.07, 6.45) is 3.67. The third-order valence-corrected chi connectivity index (χ3v) is 7.68. The average Bonchev–Trinajstić information content (AvgIpc) is 2.97. The first-order valence-electron chi connectivity index (χ1n) is 13.2. The first-order valence-corrected chi connectivity index (χ1v) is 14.0. The van der Waals surface area contributed by atoms with Gasteiger partial charge in [0.1, 0.15) is 5.75 Å². The minimum absolute atomic E-state index is 0.272. The summed E-state index contributed by atoms with van der Waals surface area (Å²) < 4.78 is 6.83. The van der Waals surface area contributed by atoms with E-state index in [0.29, 0.717) is 33.2 Å². The van der Waals surface area contributed by atoms with E-state index in [1.165, 1.54) is 5.56 Å². The number of aromatic nitrogens is 2. The van der Waals surface area contributed by atoms with Crippen molar-refractivity contribution in [3.63, 3.8) is 0 Å². The van der Waals surface area contributed by atoms with Crippen LogP contribution in [0.2, 0.25) is 0 Å². The van der Waals surface area contributed by atoms with Gasteiger partial charge in [-0.05, 0) is 88.6 Å². The van der Waals surface area contributed by atoms with Gasteiger partial charge in [0.2, 0.25) is 11.8 Å². The number of benzene rings is 3. The highest BCUT2D eigenvalue weighted by molar-refractivity contribution is 9.10. The van der Waals surface area contributed by atoms with Gasteiger partial charge in [-0.1, -0.05) is 42.5 Å². The Morgan fingerprint density at radius 3 is 2.38 bits per heavy atom. The molecule has 0 saturated carbocycles. The zero-order chi connectivity index (χ0) is 28.1. The van der Waals surface area contributed by atoms with Crippen molar-refractivity contribution in [1.29, 1.82) is 10.5 Å². The summed E-state index contributed by atoms with van der Waals surface area (Å²) in [6.45, 7) is 6.68. The smallest absolute Gasteiger partial charge is 0.238 e. The fourth-order valence-corrected chi connectivity index (χ4v) is 5.34. The predicted molar refractivity (Wildman–Crippen MR) is 159 cm³/mol. The summed E-state index contributed by atoms with van der Waals surface area (Å²) in [5.41, 5.74) is 6.35. The largest absolute Gasteiger partial charge is 0.437 e. The molecule has 1 aliphatic heterocycles. The molecule has 3 aromatic carbocycles. The quantitative estimate of drug-likeness (QED) is 0.243. The van der Waals surface area contributed by atoms with Crippen LogP contribution in [0.15, 0.2) is 71.3 Å². The van der Waals surface area contributed by atoms with Crippen LogP contribution in [-0.2, 0) is 6.54 Å². The lowest BCUT2D eigenvalue weighted by molar-refractivity contribution is 0.211. The minimum Gasteiger partial charge on any atom is -0.437 e. The average molecular weight is 594 g/mol. The molecule has 0 aliphatic carbocycles. The lowest BCUT2D eigenvalue weighted by Crippen LogP contribution is -2.38. The second-order valence-electron chi connectivity index (χ2n) is 10.0. The molecule has 1 fully saturated rings. The van der Waals surface area contributed by atoms with Gasteiger partial charge in [-0.25, -0.2) is 4.98 Å². The molecule has 0 radical (unpaired) electrons. The van der Waals surface area contributed by atoms with Crippen molar-refractivity contribution in [2.24, 2.45) is 0 Å². The summed E-state index contributed by atoms with van der Waals surface area (Å²) in [7, 11) is 0. The van der Waals surface area contributed by atoms with Crippen molar-refractivity contribution in [3.05, 3.63) is 99.2 Å². The highest BCUT2D eigenvalue weighted by atomic mass is 79.9. The number of piperidine rings is 1. The van der Waals surface area contributed by atoms with E-state index in [9.17, 15) is 10.5 Å². The number of nitriles is 2. The number of halogens is 1. The minimum atomic E-state index is 0.272. The highest BCUT2D eigenvalue weighted by Crippen LogP contribution is 2.33. The van der Waals surface area contributed by atoms with Gasteiger partial charge >= 0.3 is 0 Å². The number of nitrogens with zero attached hydrogens (tertiary/aromatic N) is 5. The van der Waals surface area contributed by atoms with Gasteiger partial charge in [0, 0.05) is 25.7 Å². The third-order valence-electron chi connectivity index (χ3n) is 7.14. The Morgan fingerprint density at radius 2 is 1.70 bits per heavy atom.